The van der Waals surface area contributed by atoms with Crippen molar-refractivity contribution in [2.24, 2.45) is 17.6 Å². The Morgan fingerprint density at radius 2 is 1.96 bits per heavy atom. The molecule has 0 saturated heterocycles. The maximum atomic E-state index is 12.5. The third-order valence-electron chi connectivity index (χ3n) is 5.53. The Labute approximate surface area is 145 Å². The van der Waals surface area contributed by atoms with Gasteiger partial charge in [-0.2, -0.15) is 0 Å². The molecule has 1 fully saturated rings. The molecule has 0 heterocycles. The van der Waals surface area contributed by atoms with Crippen molar-refractivity contribution in [1.82, 2.24) is 5.32 Å². The average Bonchev–Trinajstić information content (AvgIpc) is 3.03. The van der Waals surface area contributed by atoms with Crippen molar-refractivity contribution >= 4 is 18.3 Å². The van der Waals surface area contributed by atoms with Crippen molar-refractivity contribution < 1.29 is 4.79 Å². The Morgan fingerprint density at radius 1 is 1.22 bits per heavy atom. The molecule has 23 heavy (non-hydrogen) atoms. The van der Waals surface area contributed by atoms with Gasteiger partial charge in [0.2, 0.25) is 5.91 Å². The molecule has 0 aromatic heterocycles. The predicted molar refractivity (Wildman–Crippen MR) is 96.8 cm³/mol. The lowest BCUT2D eigenvalue weighted by molar-refractivity contribution is -0.126. The lowest BCUT2D eigenvalue weighted by atomic mass is 9.89. The third kappa shape index (κ3) is 4.07. The summed E-state index contributed by atoms with van der Waals surface area (Å²) in [5.41, 5.74) is 10.0. The molecular formula is C19H29ClN2O. The summed E-state index contributed by atoms with van der Waals surface area (Å²) < 4.78 is 0. The molecule has 2 aliphatic carbocycles. The summed E-state index contributed by atoms with van der Waals surface area (Å²) in [5, 5.41) is 3.21. The fraction of sp³-hybridized carbons (Fsp3) is 0.632. The number of benzene rings is 1. The SMILES string of the molecule is CC(NC(=O)[C@@H]1CCC[C@@H]1CN)c1ccc2c(c1)CCCC2.Cl. The van der Waals surface area contributed by atoms with Gasteiger partial charge in [-0.15, -0.1) is 12.4 Å². The third-order valence-corrected chi connectivity index (χ3v) is 5.53. The molecule has 1 unspecified atom stereocenters. The van der Waals surface area contributed by atoms with Crippen LogP contribution in [0.4, 0.5) is 0 Å². The van der Waals surface area contributed by atoms with Crippen LogP contribution < -0.4 is 11.1 Å². The summed E-state index contributed by atoms with van der Waals surface area (Å²) in [4.78, 5) is 12.5. The molecule has 1 aromatic rings. The van der Waals surface area contributed by atoms with E-state index in [1.54, 1.807) is 0 Å². The molecule has 3 atom stereocenters. The second-order valence-electron chi connectivity index (χ2n) is 7.00. The van der Waals surface area contributed by atoms with Crippen molar-refractivity contribution in [3.8, 4) is 0 Å². The van der Waals surface area contributed by atoms with Crippen molar-refractivity contribution in [2.45, 2.75) is 57.9 Å². The van der Waals surface area contributed by atoms with E-state index in [4.69, 9.17) is 5.73 Å². The molecule has 3 rings (SSSR count). The van der Waals surface area contributed by atoms with Crippen LogP contribution >= 0.6 is 12.4 Å². The second kappa shape index (κ2) is 8.16. The number of halogens is 1. The minimum Gasteiger partial charge on any atom is -0.349 e. The van der Waals surface area contributed by atoms with Crippen LogP contribution in [0, 0.1) is 11.8 Å². The number of rotatable bonds is 4. The summed E-state index contributed by atoms with van der Waals surface area (Å²) in [7, 11) is 0. The Balaban J connectivity index is 0.00000192. The Kier molecular flexibility index (Phi) is 6.49. The van der Waals surface area contributed by atoms with Crippen molar-refractivity contribution in [3.05, 3.63) is 34.9 Å². The summed E-state index contributed by atoms with van der Waals surface area (Å²) >= 11 is 0. The summed E-state index contributed by atoms with van der Waals surface area (Å²) in [5.74, 6) is 0.680. The number of hydrogen-bond donors (Lipinski definition) is 2. The highest BCUT2D eigenvalue weighted by Gasteiger charge is 2.32. The van der Waals surface area contributed by atoms with Gasteiger partial charge in [0.05, 0.1) is 6.04 Å². The quantitative estimate of drug-likeness (QED) is 0.883. The largest absolute Gasteiger partial charge is 0.349 e. The van der Waals surface area contributed by atoms with Gasteiger partial charge in [-0.25, -0.2) is 0 Å². The first kappa shape index (κ1) is 18.3. The highest BCUT2D eigenvalue weighted by Crippen LogP contribution is 2.32. The predicted octanol–water partition coefficient (Wildman–Crippen LogP) is 3.54. The Bertz CT molecular complexity index is 546. The van der Waals surface area contributed by atoms with Gasteiger partial charge in [-0.05, 0) is 74.6 Å². The zero-order valence-electron chi connectivity index (χ0n) is 14.0. The van der Waals surface area contributed by atoms with Gasteiger partial charge in [0.25, 0.3) is 0 Å². The van der Waals surface area contributed by atoms with Crippen LogP contribution in [0.3, 0.4) is 0 Å². The summed E-state index contributed by atoms with van der Waals surface area (Å²) in [6.07, 6.45) is 8.20. The van der Waals surface area contributed by atoms with Crippen LogP contribution in [0.25, 0.3) is 0 Å². The second-order valence-corrected chi connectivity index (χ2v) is 7.00. The fourth-order valence-electron chi connectivity index (χ4n) is 4.09. The zero-order valence-corrected chi connectivity index (χ0v) is 14.8. The molecule has 0 aliphatic heterocycles. The van der Waals surface area contributed by atoms with Crippen molar-refractivity contribution in [1.29, 1.82) is 0 Å². The maximum Gasteiger partial charge on any atom is 0.223 e. The van der Waals surface area contributed by atoms with Crippen molar-refractivity contribution in [3.63, 3.8) is 0 Å². The summed E-state index contributed by atoms with van der Waals surface area (Å²) in [6, 6.07) is 6.82. The lowest BCUT2D eigenvalue weighted by Crippen LogP contribution is -2.36. The first-order chi connectivity index (χ1) is 10.7. The molecule has 4 heteroatoms. The summed E-state index contributed by atoms with van der Waals surface area (Å²) in [6.45, 7) is 2.72. The standard InChI is InChI=1S/C19H28N2O.ClH/c1-13(21-19(22)18-8-4-7-17(18)12-20)15-10-9-14-5-2-3-6-16(14)11-15;/h9-11,13,17-18H,2-8,12,20H2,1H3,(H,21,22);1H/t13?,17-,18-;/m1./s1. The van der Waals surface area contributed by atoms with Crippen LogP contribution in [0.1, 0.15) is 61.8 Å². The van der Waals surface area contributed by atoms with E-state index in [1.807, 2.05) is 0 Å². The normalized spacial score (nSPS) is 24.4. The number of nitrogens with two attached hydrogens (primary N) is 1. The molecule has 128 valence electrons. The minimum absolute atomic E-state index is 0. The van der Waals surface area contributed by atoms with Gasteiger partial charge in [-0.1, -0.05) is 24.6 Å². The molecule has 3 nitrogen and oxygen atoms in total. The van der Waals surface area contributed by atoms with Gasteiger partial charge in [-0.3, -0.25) is 4.79 Å². The number of amides is 1. The molecule has 0 radical (unpaired) electrons. The molecule has 0 spiro atoms. The smallest absolute Gasteiger partial charge is 0.223 e. The number of fused-ring (bicyclic) bond motifs is 1. The van der Waals surface area contributed by atoms with Crippen LogP contribution in [-0.2, 0) is 17.6 Å². The molecule has 2 aliphatic rings. The zero-order chi connectivity index (χ0) is 15.5. The first-order valence-electron chi connectivity index (χ1n) is 8.81. The van der Waals surface area contributed by atoms with E-state index in [2.05, 4.69) is 30.4 Å². The molecular weight excluding hydrogens is 308 g/mol. The van der Waals surface area contributed by atoms with E-state index in [1.165, 1.54) is 42.4 Å². The van der Waals surface area contributed by atoms with Crippen LogP contribution in [0.5, 0.6) is 0 Å². The van der Waals surface area contributed by atoms with Crippen LogP contribution in [0.15, 0.2) is 18.2 Å². The fourth-order valence-corrected chi connectivity index (χ4v) is 4.09. The van der Waals surface area contributed by atoms with E-state index < -0.39 is 0 Å². The number of carbonyl (C=O) groups is 1. The van der Waals surface area contributed by atoms with E-state index >= 15 is 0 Å². The topological polar surface area (TPSA) is 55.1 Å². The number of hydrogen-bond acceptors (Lipinski definition) is 2. The van der Waals surface area contributed by atoms with Gasteiger partial charge in [0, 0.05) is 5.92 Å². The Hall–Kier alpha value is -1.06. The monoisotopic (exact) mass is 336 g/mol. The number of carbonyl (C=O) groups excluding carboxylic acids is 1. The first-order valence-corrected chi connectivity index (χ1v) is 8.81. The molecule has 1 saturated carbocycles. The highest BCUT2D eigenvalue weighted by atomic mass is 35.5. The number of aryl methyl sites for hydroxylation is 2. The van der Waals surface area contributed by atoms with Gasteiger partial charge < -0.3 is 11.1 Å². The van der Waals surface area contributed by atoms with Crippen molar-refractivity contribution in [2.75, 3.05) is 6.54 Å². The maximum absolute atomic E-state index is 12.5. The number of nitrogens with one attached hydrogen (secondary N) is 1. The van der Waals surface area contributed by atoms with Crippen LogP contribution in [-0.4, -0.2) is 12.5 Å². The van der Waals surface area contributed by atoms with Gasteiger partial charge >= 0.3 is 0 Å². The van der Waals surface area contributed by atoms with E-state index in [0.717, 1.165) is 19.3 Å². The van der Waals surface area contributed by atoms with E-state index in [0.29, 0.717) is 12.5 Å². The van der Waals surface area contributed by atoms with Gasteiger partial charge in [0.1, 0.15) is 0 Å². The highest BCUT2D eigenvalue weighted by molar-refractivity contribution is 5.85. The molecule has 3 N–H and O–H groups in total. The molecule has 1 amide bonds. The minimum atomic E-state index is 0. The molecule has 1 aromatic carbocycles. The van der Waals surface area contributed by atoms with Crippen LogP contribution in [0.2, 0.25) is 0 Å². The average molecular weight is 337 g/mol. The van der Waals surface area contributed by atoms with E-state index in [-0.39, 0.29) is 30.3 Å². The Morgan fingerprint density at radius 3 is 2.70 bits per heavy atom. The van der Waals surface area contributed by atoms with E-state index in [9.17, 15) is 4.79 Å². The molecule has 0 bridgehead atoms. The van der Waals surface area contributed by atoms with Gasteiger partial charge in [0.15, 0.2) is 0 Å². The lowest BCUT2D eigenvalue weighted by Gasteiger charge is -2.23.